The first-order valence-electron chi connectivity index (χ1n) is 6.42. The lowest BCUT2D eigenvalue weighted by molar-refractivity contribution is 0.0525. The van der Waals surface area contributed by atoms with Gasteiger partial charge in [-0.2, -0.15) is 0 Å². The first-order valence-corrected chi connectivity index (χ1v) is 6.42. The maximum absolute atomic E-state index is 11.8. The van der Waals surface area contributed by atoms with Crippen molar-refractivity contribution < 1.29 is 14.3 Å². The Morgan fingerprint density at radius 3 is 2.53 bits per heavy atom. The van der Waals surface area contributed by atoms with Crippen LogP contribution in [0.25, 0.3) is 0 Å². The number of aryl methyl sites for hydroxylation is 1. The van der Waals surface area contributed by atoms with E-state index >= 15 is 0 Å². The Bertz CT molecular complexity index is 466. The van der Waals surface area contributed by atoms with Gasteiger partial charge < -0.3 is 15.0 Å². The number of urea groups is 1. The zero-order valence-electron chi connectivity index (χ0n) is 11.8. The Labute approximate surface area is 112 Å². The molecule has 0 unspecified atom stereocenters. The molecule has 0 atom stereocenters. The van der Waals surface area contributed by atoms with E-state index in [4.69, 9.17) is 4.74 Å². The van der Waals surface area contributed by atoms with Crippen LogP contribution in [0.2, 0.25) is 0 Å². The number of carbonyl (C=O) groups excluding carboxylic acids is 2. The van der Waals surface area contributed by atoms with Gasteiger partial charge >= 0.3 is 12.0 Å². The minimum Gasteiger partial charge on any atom is -0.462 e. The second-order valence-corrected chi connectivity index (χ2v) is 4.23. The lowest BCUT2D eigenvalue weighted by atomic mass is 10.1. The first kappa shape index (κ1) is 15.1. The average molecular weight is 267 g/mol. The second-order valence-electron chi connectivity index (χ2n) is 4.23. The van der Waals surface area contributed by atoms with E-state index in [-0.39, 0.29) is 12.0 Å². The van der Waals surface area contributed by atoms with Crippen molar-refractivity contribution in [2.24, 2.45) is 0 Å². The minimum atomic E-state index is -0.379. The summed E-state index contributed by atoms with van der Waals surface area (Å²) in [5, 5.41) is 5.39. The van der Waals surface area contributed by atoms with Crippen LogP contribution in [-0.2, 0) is 4.74 Å². The van der Waals surface area contributed by atoms with Crippen LogP contribution in [0.15, 0.2) is 0 Å². The fraction of sp³-hybridized carbons (Fsp3) is 0.538. The van der Waals surface area contributed by atoms with Crippen LogP contribution in [0, 0.1) is 13.8 Å². The van der Waals surface area contributed by atoms with Crippen molar-refractivity contribution in [3.05, 3.63) is 16.8 Å². The molecule has 0 saturated heterocycles. The second kappa shape index (κ2) is 6.82. The van der Waals surface area contributed by atoms with Crippen molar-refractivity contribution in [2.75, 3.05) is 18.5 Å². The summed E-state index contributed by atoms with van der Waals surface area (Å²) in [6.07, 6.45) is 0.865. The lowest BCUT2D eigenvalue weighted by Gasteiger charge is -2.06. The Morgan fingerprint density at radius 1 is 1.26 bits per heavy atom. The molecule has 0 spiro atoms. The van der Waals surface area contributed by atoms with Crippen LogP contribution in [0.4, 0.5) is 10.6 Å². The van der Waals surface area contributed by atoms with E-state index in [1.54, 1.807) is 20.8 Å². The van der Waals surface area contributed by atoms with Crippen molar-refractivity contribution in [3.8, 4) is 0 Å². The number of hydrogen-bond donors (Lipinski definition) is 3. The molecule has 0 aliphatic rings. The van der Waals surface area contributed by atoms with E-state index in [0.717, 1.165) is 6.42 Å². The van der Waals surface area contributed by atoms with E-state index in [2.05, 4.69) is 15.6 Å². The summed E-state index contributed by atoms with van der Waals surface area (Å²) in [6.45, 7) is 8.20. The predicted octanol–water partition coefficient (Wildman–Crippen LogP) is 2.34. The monoisotopic (exact) mass is 267 g/mol. The maximum Gasteiger partial charge on any atom is 0.340 e. The molecule has 0 aliphatic heterocycles. The number of hydrogen-bond acceptors (Lipinski definition) is 3. The molecule has 0 fully saturated rings. The molecule has 19 heavy (non-hydrogen) atoms. The normalized spacial score (nSPS) is 10.1. The number of carbonyl (C=O) groups is 2. The zero-order valence-corrected chi connectivity index (χ0v) is 11.8. The lowest BCUT2D eigenvalue weighted by Crippen LogP contribution is -2.29. The third kappa shape index (κ3) is 3.74. The number of nitrogens with one attached hydrogen (secondary N) is 3. The minimum absolute atomic E-state index is 0.290. The smallest absolute Gasteiger partial charge is 0.340 e. The molecule has 6 heteroatoms. The van der Waals surface area contributed by atoms with Gasteiger partial charge in [0.1, 0.15) is 5.82 Å². The Morgan fingerprint density at radius 2 is 1.95 bits per heavy atom. The van der Waals surface area contributed by atoms with E-state index in [1.807, 2.05) is 6.92 Å². The van der Waals surface area contributed by atoms with Gasteiger partial charge in [-0.25, -0.2) is 9.59 Å². The first-order chi connectivity index (χ1) is 9.01. The van der Waals surface area contributed by atoms with E-state index in [9.17, 15) is 9.59 Å². The average Bonchev–Trinajstić information content (AvgIpc) is 2.62. The molecule has 3 N–H and O–H groups in total. The summed E-state index contributed by atoms with van der Waals surface area (Å²) < 4.78 is 4.99. The fourth-order valence-corrected chi connectivity index (χ4v) is 1.78. The molecule has 1 heterocycles. The van der Waals surface area contributed by atoms with Crippen LogP contribution in [0.5, 0.6) is 0 Å². The molecule has 1 rings (SSSR count). The predicted molar refractivity (Wildman–Crippen MR) is 73.5 cm³/mol. The summed E-state index contributed by atoms with van der Waals surface area (Å²) in [6, 6.07) is -0.290. The summed E-state index contributed by atoms with van der Waals surface area (Å²) in [5.74, 6) is 0.143. The van der Waals surface area contributed by atoms with Crippen LogP contribution >= 0.6 is 0 Å². The molecule has 106 valence electrons. The number of ether oxygens (including phenoxy) is 1. The van der Waals surface area contributed by atoms with E-state index < -0.39 is 0 Å². The molecular formula is C13H21N3O3. The Balaban J connectivity index is 2.84. The van der Waals surface area contributed by atoms with Crippen molar-refractivity contribution in [1.29, 1.82) is 0 Å². The maximum atomic E-state index is 11.8. The van der Waals surface area contributed by atoms with Gasteiger partial charge in [0.2, 0.25) is 0 Å². The van der Waals surface area contributed by atoms with Gasteiger partial charge in [0.25, 0.3) is 0 Å². The SMILES string of the molecule is CCCNC(=O)Nc1[nH]c(C)c(C(=O)OCC)c1C. The summed E-state index contributed by atoms with van der Waals surface area (Å²) >= 11 is 0. The highest BCUT2D eigenvalue weighted by molar-refractivity contribution is 5.97. The Hall–Kier alpha value is -1.98. The summed E-state index contributed by atoms with van der Waals surface area (Å²) in [7, 11) is 0. The van der Waals surface area contributed by atoms with Crippen LogP contribution in [-0.4, -0.2) is 30.1 Å². The largest absolute Gasteiger partial charge is 0.462 e. The van der Waals surface area contributed by atoms with Crippen LogP contribution < -0.4 is 10.6 Å². The molecular weight excluding hydrogens is 246 g/mol. The van der Waals surface area contributed by atoms with Gasteiger partial charge in [-0.1, -0.05) is 6.92 Å². The third-order valence-electron chi connectivity index (χ3n) is 2.69. The van der Waals surface area contributed by atoms with E-state index in [1.165, 1.54) is 0 Å². The quantitative estimate of drug-likeness (QED) is 0.716. The van der Waals surface area contributed by atoms with Crippen molar-refractivity contribution in [1.82, 2.24) is 10.3 Å². The van der Waals surface area contributed by atoms with Crippen molar-refractivity contribution in [3.63, 3.8) is 0 Å². The standard InChI is InChI=1S/C13H21N3O3/c1-5-7-14-13(18)16-11-8(3)10(9(4)15-11)12(17)19-6-2/h15H,5-7H2,1-4H3,(H2,14,16,18). The number of aromatic nitrogens is 1. The van der Waals surface area contributed by atoms with Gasteiger partial charge in [-0.3, -0.25) is 5.32 Å². The fourth-order valence-electron chi connectivity index (χ4n) is 1.78. The highest BCUT2D eigenvalue weighted by Gasteiger charge is 2.20. The molecule has 6 nitrogen and oxygen atoms in total. The van der Waals surface area contributed by atoms with Gasteiger partial charge in [-0.15, -0.1) is 0 Å². The van der Waals surface area contributed by atoms with Crippen LogP contribution in [0.1, 0.15) is 41.9 Å². The molecule has 1 aromatic heterocycles. The van der Waals surface area contributed by atoms with Crippen LogP contribution in [0.3, 0.4) is 0 Å². The molecule has 0 radical (unpaired) electrons. The summed E-state index contributed by atoms with van der Waals surface area (Å²) in [5.41, 5.74) is 1.84. The van der Waals surface area contributed by atoms with Gasteiger partial charge in [0.15, 0.2) is 0 Å². The number of esters is 1. The highest BCUT2D eigenvalue weighted by atomic mass is 16.5. The van der Waals surface area contributed by atoms with Gasteiger partial charge in [0, 0.05) is 17.8 Å². The topological polar surface area (TPSA) is 83.2 Å². The van der Waals surface area contributed by atoms with Gasteiger partial charge in [-0.05, 0) is 27.2 Å². The number of anilines is 1. The number of rotatable bonds is 5. The molecule has 1 aromatic rings. The molecule has 0 saturated carbocycles. The van der Waals surface area contributed by atoms with Gasteiger partial charge in [0.05, 0.1) is 12.2 Å². The molecule has 2 amide bonds. The molecule has 0 aliphatic carbocycles. The van der Waals surface area contributed by atoms with E-state index in [0.29, 0.717) is 35.8 Å². The molecule has 0 aromatic carbocycles. The Kier molecular flexibility index (Phi) is 5.41. The summed E-state index contributed by atoms with van der Waals surface area (Å²) in [4.78, 5) is 26.4. The van der Waals surface area contributed by atoms with Crippen molar-refractivity contribution in [2.45, 2.75) is 34.1 Å². The van der Waals surface area contributed by atoms with Crippen molar-refractivity contribution >= 4 is 17.8 Å². The third-order valence-corrected chi connectivity index (χ3v) is 2.69. The number of H-pyrrole nitrogens is 1. The number of amides is 2. The molecule has 0 bridgehead atoms. The highest BCUT2D eigenvalue weighted by Crippen LogP contribution is 2.22. The number of aromatic amines is 1. The zero-order chi connectivity index (χ0) is 14.4.